The van der Waals surface area contributed by atoms with E-state index in [-0.39, 0.29) is 54.5 Å². The molecule has 2 atom stereocenters. The fraction of sp³-hybridized carbons (Fsp3) is 0.565. The maximum Gasteiger partial charge on any atom is 0.358 e. The highest BCUT2D eigenvalue weighted by Gasteiger charge is 2.43. The van der Waals surface area contributed by atoms with Crippen molar-refractivity contribution in [1.29, 1.82) is 0 Å². The molecule has 1 saturated heterocycles. The molecule has 0 saturated carbocycles. The lowest BCUT2D eigenvalue weighted by molar-refractivity contribution is -0.384. The Morgan fingerprint density at radius 2 is 2.00 bits per heavy atom. The summed E-state index contributed by atoms with van der Waals surface area (Å²) >= 11 is 1.55. The Hall–Kier alpha value is -2.63. The number of nitro groups is 1. The zero-order chi connectivity index (χ0) is 25.1. The fourth-order valence-corrected chi connectivity index (χ4v) is 4.52. The topological polar surface area (TPSA) is 128 Å². The summed E-state index contributed by atoms with van der Waals surface area (Å²) < 4.78 is 16.1. The van der Waals surface area contributed by atoms with Crippen LogP contribution < -0.4 is 0 Å². The number of carbonyl (C=O) groups excluding carboxylic acids is 2. The highest BCUT2D eigenvalue weighted by atomic mass is 32.2. The van der Waals surface area contributed by atoms with Crippen LogP contribution in [0.5, 0.6) is 0 Å². The molecule has 2 unspecified atom stereocenters. The summed E-state index contributed by atoms with van der Waals surface area (Å²) in [5.74, 6) is -0.591. The Morgan fingerprint density at radius 1 is 1.29 bits per heavy atom. The molecule has 188 valence electrons. The van der Waals surface area contributed by atoms with Crippen molar-refractivity contribution in [2.45, 2.75) is 64.7 Å². The number of β-lactam (4-membered cyclic amide) rings is 1. The number of nitrogens with zero attached hydrogens (tertiary/aromatic N) is 2. The summed E-state index contributed by atoms with van der Waals surface area (Å²) in [6, 6.07) is 5.59. The smallest absolute Gasteiger partial charge is 0.358 e. The van der Waals surface area contributed by atoms with Crippen LogP contribution in [0.1, 0.15) is 52.0 Å². The SMILES string of the molecule is CCCCSC1CC(=O)N1/C(C(=O)OCc1ccc([N+](=O)[O-])cc1)=C(/O)CCOC(C)OCC. The second kappa shape index (κ2) is 13.9. The summed E-state index contributed by atoms with van der Waals surface area (Å²) in [6.45, 7) is 6.02. The molecular weight excluding hydrogens is 464 g/mol. The molecule has 1 aliphatic rings. The lowest BCUT2D eigenvalue weighted by Crippen LogP contribution is -2.52. The minimum atomic E-state index is -0.845. The highest BCUT2D eigenvalue weighted by molar-refractivity contribution is 8.00. The molecule has 1 amide bonds. The van der Waals surface area contributed by atoms with Gasteiger partial charge in [0.15, 0.2) is 12.0 Å². The first-order valence-corrected chi connectivity index (χ1v) is 12.3. The number of nitro benzene ring substituents is 1. The molecule has 0 spiro atoms. The molecule has 0 radical (unpaired) electrons. The maximum atomic E-state index is 13.0. The van der Waals surface area contributed by atoms with Gasteiger partial charge in [-0.2, -0.15) is 0 Å². The van der Waals surface area contributed by atoms with E-state index in [1.54, 1.807) is 18.7 Å². The van der Waals surface area contributed by atoms with Crippen LogP contribution in [0.4, 0.5) is 5.69 Å². The van der Waals surface area contributed by atoms with Gasteiger partial charge in [-0.25, -0.2) is 4.79 Å². The van der Waals surface area contributed by atoms with Crippen LogP contribution in [0.15, 0.2) is 35.7 Å². The monoisotopic (exact) mass is 496 g/mol. The minimum absolute atomic E-state index is 0.00446. The number of rotatable bonds is 15. The molecule has 34 heavy (non-hydrogen) atoms. The standard InChI is InChI=1S/C23H32N2O8S/c1-4-6-13-34-21-14-20(27)24(21)22(19(26)11-12-32-16(3)31-5-2)23(28)33-15-17-7-9-18(10-8-17)25(29)30/h7-10,16,21,26H,4-6,11-15H2,1-3H3/b22-19+. The molecular formula is C23H32N2O8S. The van der Waals surface area contributed by atoms with Gasteiger partial charge in [0.1, 0.15) is 12.4 Å². The summed E-state index contributed by atoms with van der Waals surface area (Å²) in [5, 5.41) is 21.3. The third-order valence-corrected chi connectivity index (χ3v) is 6.32. The predicted octanol–water partition coefficient (Wildman–Crippen LogP) is 4.29. The molecule has 0 aliphatic carbocycles. The van der Waals surface area contributed by atoms with Crippen molar-refractivity contribution in [3.63, 3.8) is 0 Å². The lowest BCUT2D eigenvalue weighted by Gasteiger charge is -2.40. The van der Waals surface area contributed by atoms with Crippen LogP contribution in [-0.2, 0) is 30.4 Å². The first-order valence-electron chi connectivity index (χ1n) is 11.3. The van der Waals surface area contributed by atoms with E-state index in [0.717, 1.165) is 18.6 Å². The first-order chi connectivity index (χ1) is 16.3. The number of hydrogen-bond donors (Lipinski definition) is 1. The maximum absolute atomic E-state index is 13.0. The van der Waals surface area contributed by atoms with Crippen molar-refractivity contribution in [3.05, 3.63) is 51.4 Å². The molecule has 2 rings (SSSR count). The molecule has 1 N–H and O–H groups in total. The number of likely N-dealkylation sites (tertiary alicyclic amines) is 1. The van der Waals surface area contributed by atoms with E-state index in [2.05, 4.69) is 6.92 Å². The predicted molar refractivity (Wildman–Crippen MR) is 127 cm³/mol. The fourth-order valence-electron chi connectivity index (χ4n) is 3.16. The van der Waals surface area contributed by atoms with Crippen LogP contribution in [-0.4, -0.2) is 57.4 Å². The van der Waals surface area contributed by atoms with Gasteiger partial charge < -0.3 is 19.3 Å². The molecule has 1 aliphatic heterocycles. The van der Waals surface area contributed by atoms with Crippen LogP contribution in [0, 0.1) is 10.1 Å². The minimum Gasteiger partial charge on any atom is -0.510 e. The van der Waals surface area contributed by atoms with Gasteiger partial charge in [-0.3, -0.25) is 19.8 Å². The number of hydrogen-bond acceptors (Lipinski definition) is 9. The van der Waals surface area contributed by atoms with Gasteiger partial charge >= 0.3 is 5.97 Å². The van der Waals surface area contributed by atoms with Crippen molar-refractivity contribution in [2.24, 2.45) is 0 Å². The number of amides is 1. The van der Waals surface area contributed by atoms with Crippen LogP contribution in [0.2, 0.25) is 0 Å². The van der Waals surface area contributed by atoms with Gasteiger partial charge in [-0.1, -0.05) is 13.3 Å². The quantitative estimate of drug-likeness (QED) is 0.0552. The van der Waals surface area contributed by atoms with Crippen molar-refractivity contribution in [2.75, 3.05) is 19.0 Å². The van der Waals surface area contributed by atoms with E-state index in [0.29, 0.717) is 12.2 Å². The molecule has 1 aromatic carbocycles. The first kappa shape index (κ1) is 27.6. The second-order valence-corrected chi connectivity index (χ2v) is 8.87. The summed E-state index contributed by atoms with van der Waals surface area (Å²) in [4.78, 5) is 37.0. The van der Waals surface area contributed by atoms with Crippen molar-refractivity contribution in [1.82, 2.24) is 4.90 Å². The number of thioether (sulfide) groups is 1. The number of aliphatic hydroxyl groups is 1. The molecule has 0 aromatic heterocycles. The third kappa shape index (κ3) is 8.00. The van der Waals surface area contributed by atoms with E-state index in [1.807, 2.05) is 6.92 Å². The Kier molecular flexibility index (Phi) is 11.3. The van der Waals surface area contributed by atoms with Gasteiger partial charge in [0.25, 0.3) is 5.69 Å². The molecule has 11 heteroatoms. The molecule has 1 aromatic rings. The molecule has 0 bridgehead atoms. The number of unbranched alkanes of at least 4 members (excludes halogenated alkanes) is 1. The van der Waals surface area contributed by atoms with Crippen LogP contribution in [0.25, 0.3) is 0 Å². The largest absolute Gasteiger partial charge is 0.510 e. The number of non-ortho nitro benzene ring substituents is 1. The van der Waals surface area contributed by atoms with E-state index >= 15 is 0 Å². The van der Waals surface area contributed by atoms with Gasteiger partial charge in [-0.05, 0) is 43.7 Å². The van der Waals surface area contributed by atoms with Gasteiger partial charge in [0.2, 0.25) is 5.91 Å². The van der Waals surface area contributed by atoms with E-state index in [9.17, 15) is 24.8 Å². The van der Waals surface area contributed by atoms with Crippen molar-refractivity contribution in [3.8, 4) is 0 Å². The molecule has 1 heterocycles. The number of benzene rings is 1. The number of carbonyl (C=O) groups is 2. The highest BCUT2D eigenvalue weighted by Crippen LogP contribution is 2.35. The Labute approximate surface area is 203 Å². The molecule has 1 fully saturated rings. The zero-order valence-electron chi connectivity index (χ0n) is 19.7. The lowest BCUT2D eigenvalue weighted by atomic mass is 10.1. The van der Waals surface area contributed by atoms with Crippen molar-refractivity contribution >= 4 is 29.3 Å². The van der Waals surface area contributed by atoms with Gasteiger partial charge in [-0.15, -0.1) is 11.8 Å². The van der Waals surface area contributed by atoms with Gasteiger partial charge in [0.05, 0.1) is 23.3 Å². The average molecular weight is 497 g/mol. The van der Waals surface area contributed by atoms with Crippen LogP contribution >= 0.6 is 11.8 Å². The normalized spacial score (nSPS) is 17.1. The molecule has 10 nitrogen and oxygen atoms in total. The van der Waals surface area contributed by atoms with E-state index in [1.165, 1.54) is 29.2 Å². The number of ether oxygens (including phenoxy) is 3. The number of aliphatic hydroxyl groups excluding tert-OH is 1. The third-order valence-electron chi connectivity index (χ3n) is 5.03. The Morgan fingerprint density at radius 3 is 2.59 bits per heavy atom. The van der Waals surface area contributed by atoms with Gasteiger partial charge in [0, 0.05) is 25.2 Å². The Bertz CT molecular complexity index is 874. The summed E-state index contributed by atoms with van der Waals surface area (Å²) in [5.41, 5.74) is 0.267. The zero-order valence-corrected chi connectivity index (χ0v) is 20.5. The summed E-state index contributed by atoms with van der Waals surface area (Å²) in [7, 11) is 0. The van der Waals surface area contributed by atoms with Crippen LogP contribution in [0.3, 0.4) is 0 Å². The average Bonchev–Trinajstić information content (AvgIpc) is 2.80. The second-order valence-electron chi connectivity index (χ2n) is 7.59. The van der Waals surface area contributed by atoms with E-state index in [4.69, 9.17) is 14.2 Å². The number of esters is 1. The van der Waals surface area contributed by atoms with E-state index < -0.39 is 17.2 Å². The summed E-state index contributed by atoms with van der Waals surface area (Å²) in [6.07, 6.45) is 1.78. The van der Waals surface area contributed by atoms with Crippen molar-refractivity contribution < 1.29 is 33.8 Å². The Balaban J connectivity index is 2.13.